The number of hydrogen-bond donors (Lipinski definition) is 2. The van der Waals surface area contributed by atoms with Gasteiger partial charge in [0.2, 0.25) is 10.0 Å². The predicted octanol–water partition coefficient (Wildman–Crippen LogP) is 1.13. The minimum atomic E-state index is -3.47. The molecule has 1 aromatic rings. The monoisotopic (exact) mass is 304 g/mol. The number of hydrogen-bond acceptors (Lipinski definition) is 4. The number of nitrogens with two attached hydrogens (primary N) is 1. The van der Waals surface area contributed by atoms with Crippen LogP contribution in [0.2, 0.25) is 0 Å². The van der Waals surface area contributed by atoms with Gasteiger partial charge in [-0.3, -0.25) is 0 Å². The Labute approximate surface area is 119 Å². The van der Waals surface area contributed by atoms with Crippen LogP contribution in [0.4, 0.5) is 4.39 Å². The van der Waals surface area contributed by atoms with Gasteiger partial charge in [-0.1, -0.05) is 12.1 Å². The third-order valence-corrected chi connectivity index (χ3v) is 3.93. The summed E-state index contributed by atoms with van der Waals surface area (Å²) >= 11 is 0. The van der Waals surface area contributed by atoms with Gasteiger partial charge in [0.25, 0.3) is 0 Å². The van der Waals surface area contributed by atoms with Gasteiger partial charge in [-0.25, -0.2) is 17.5 Å². The van der Waals surface area contributed by atoms with E-state index in [-0.39, 0.29) is 37.1 Å². The minimum Gasteiger partial charge on any atom is -0.378 e. The number of nitrogens with one attached hydrogen (secondary N) is 1. The first-order valence-electron chi connectivity index (χ1n) is 6.40. The van der Waals surface area contributed by atoms with E-state index in [0.717, 1.165) is 0 Å². The second-order valence-corrected chi connectivity index (χ2v) is 6.62. The van der Waals surface area contributed by atoms with Gasteiger partial charge in [0, 0.05) is 18.7 Å². The first-order valence-corrected chi connectivity index (χ1v) is 8.05. The standard InChI is InChI=1S/C13H21FN2O3S/c1-10(2)19-5-6-20(17,18)16-9-12-4-3-11(8-15)7-13(12)14/h3-4,7,10,16H,5-6,8-9,15H2,1-2H3. The van der Waals surface area contributed by atoms with Crippen LogP contribution in [-0.2, 0) is 27.8 Å². The van der Waals surface area contributed by atoms with Crippen LogP contribution in [-0.4, -0.2) is 26.9 Å². The van der Waals surface area contributed by atoms with Crippen molar-refractivity contribution in [2.75, 3.05) is 12.4 Å². The summed E-state index contributed by atoms with van der Waals surface area (Å²) in [7, 11) is -3.47. The van der Waals surface area contributed by atoms with E-state index in [4.69, 9.17) is 10.5 Å². The van der Waals surface area contributed by atoms with Crippen molar-refractivity contribution in [1.29, 1.82) is 0 Å². The van der Waals surface area contributed by atoms with E-state index in [1.165, 1.54) is 12.1 Å². The number of benzene rings is 1. The molecule has 0 saturated heterocycles. The second-order valence-electron chi connectivity index (χ2n) is 4.69. The van der Waals surface area contributed by atoms with Crippen molar-refractivity contribution in [2.45, 2.75) is 33.0 Å². The Morgan fingerprint density at radius 2 is 2.10 bits per heavy atom. The normalized spacial score (nSPS) is 12.1. The molecule has 0 saturated carbocycles. The molecule has 0 unspecified atom stereocenters. The van der Waals surface area contributed by atoms with Crippen LogP contribution in [0.1, 0.15) is 25.0 Å². The zero-order chi connectivity index (χ0) is 15.2. The van der Waals surface area contributed by atoms with Gasteiger partial charge in [0.05, 0.1) is 18.5 Å². The maximum Gasteiger partial charge on any atom is 0.214 e. The van der Waals surface area contributed by atoms with E-state index in [9.17, 15) is 12.8 Å². The van der Waals surface area contributed by atoms with Gasteiger partial charge in [-0.05, 0) is 25.5 Å². The number of rotatable bonds is 8. The van der Waals surface area contributed by atoms with Crippen molar-refractivity contribution in [2.24, 2.45) is 5.73 Å². The molecule has 114 valence electrons. The highest BCUT2D eigenvalue weighted by molar-refractivity contribution is 7.89. The number of halogens is 1. The van der Waals surface area contributed by atoms with Crippen molar-refractivity contribution in [3.8, 4) is 0 Å². The molecule has 0 amide bonds. The summed E-state index contributed by atoms with van der Waals surface area (Å²) in [6.07, 6.45) is -0.0218. The lowest BCUT2D eigenvalue weighted by Gasteiger charge is -2.10. The Balaban J connectivity index is 2.53. The van der Waals surface area contributed by atoms with E-state index in [1.807, 2.05) is 13.8 Å². The Kier molecular flexibility index (Phi) is 6.54. The molecule has 3 N–H and O–H groups in total. The third kappa shape index (κ3) is 5.96. The molecule has 0 aromatic heterocycles. The van der Waals surface area contributed by atoms with Crippen LogP contribution in [0.5, 0.6) is 0 Å². The summed E-state index contributed by atoms with van der Waals surface area (Å²) in [6, 6.07) is 4.52. The molecule has 0 bridgehead atoms. The van der Waals surface area contributed by atoms with Crippen LogP contribution in [0.25, 0.3) is 0 Å². The van der Waals surface area contributed by atoms with Crippen molar-refractivity contribution in [3.63, 3.8) is 0 Å². The Morgan fingerprint density at radius 3 is 2.65 bits per heavy atom. The minimum absolute atomic E-state index is 0.0218. The smallest absolute Gasteiger partial charge is 0.214 e. The first kappa shape index (κ1) is 17.0. The molecule has 20 heavy (non-hydrogen) atoms. The number of sulfonamides is 1. The third-order valence-electron chi connectivity index (χ3n) is 2.64. The lowest BCUT2D eigenvalue weighted by molar-refractivity contribution is 0.0911. The van der Waals surface area contributed by atoms with Crippen LogP contribution in [0.15, 0.2) is 18.2 Å². The molecule has 0 heterocycles. The fraction of sp³-hybridized carbons (Fsp3) is 0.538. The van der Waals surface area contributed by atoms with E-state index in [2.05, 4.69) is 4.72 Å². The summed E-state index contributed by atoms with van der Waals surface area (Å²) in [5.41, 5.74) is 6.35. The van der Waals surface area contributed by atoms with Gasteiger partial charge in [0.15, 0.2) is 0 Å². The molecule has 0 aliphatic rings. The average Bonchev–Trinajstić information content (AvgIpc) is 2.36. The molecule has 0 spiro atoms. The fourth-order valence-corrected chi connectivity index (χ4v) is 2.35. The molecule has 0 atom stereocenters. The summed E-state index contributed by atoms with van der Waals surface area (Å²) in [5, 5.41) is 0. The van der Waals surface area contributed by atoms with Crippen LogP contribution in [0, 0.1) is 5.82 Å². The van der Waals surface area contributed by atoms with Crippen molar-refractivity contribution in [1.82, 2.24) is 4.72 Å². The highest BCUT2D eigenvalue weighted by Gasteiger charge is 2.12. The Bertz CT molecular complexity index is 532. The van der Waals surface area contributed by atoms with Gasteiger partial charge in [-0.15, -0.1) is 0 Å². The SMILES string of the molecule is CC(C)OCCS(=O)(=O)NCc1ccc(CN)cc1F. The van der Waals surface area contributed by atoms with Crippen molar-refractivity contribution in [3.05, 3.63) is 35.1 Å². The van der Waals surface area contributed by atoms with E-state index in [1.54, 1.807) is 6.07 Å². The number of ether oxygens (including phenoxy) is 1. The maximum atomic E-state index is 13.7. The highest BCUT2D eigenvalue weighted by Crippen LogP contribution is 2.10. The maximum absolute atomic E-state index is 13.7. The van der Waals surface area contributed by atoms with Gasteiger partial charge in [-0.2, -0.15) is 0 Å². The van der Waals surface area contributed by atoms with E-state index < -0.39 is 15.8 Å². The molecular formula is C13H21FN2O3S. The molecule has 1 rings (SSSR count). The van der Waals surface area contributed by atoms with Crippen molar-refractivity contribution < 1.29 is 17.5 Å². The quantitative estimate of drug-likeness (QED) is 0.754. The fourth-order valence-electron chi connectivity index (χ4n) is 1.51. The zero-order valence-electron chi connectivity index (χ0n) is 11.7. The predicted molar refractivity (Wildman–Crippen MR) is 76.0 cm³/mol. The topological polar surface area (TPSA) is 81.4 Å². The summed E-state index contributed by atoms with van der Waals surface area (Å²) in [5.74, 6) is -0.609. The Hall–Kier alpha value is -1.02. The van der Waals surface area contributed by atoms with Crippen LogP contribution in [0.3, 0.4) is 0 Å². The van der Waals surface area contributed by atoms with Gasteiger partial charge in [0.1, 0.15) is 5.82 Å². The van der Waals surface area contributed by atoms with E-state index in [0.29, 0.717) is 5.56 Å². The molecule has 5 nitrogen and oxygen atoms in total. The van der Waals surface area contributed by atoms with Crippen LogP contribution >= 0.6 is 0 Å². The molecule has 0 radical (unpaired) electrons. The molecule has 7 heteroatoms. The Morgan fingerprint density at radius 1 is 1.40 bits per heavy atom. The highest BCUT2D eigenvalue weighted by atomic mass is 32.2. The molecular weight excluding hydrogens is 283 g/mol. The largest absolute Gasteiger partial charge is 0.378 e. The van der Waals surface area contributed by atoms with E-state index >= 15 is 0 Å². The lowest BCUT2D eigenvalue weighted by atomic mass is 10.1. The average molecular weight is 304 g/mol. The van der Waals surface area contributed by atoms with Crippen molar-refractivity contribution >= 4 is 10.0 Å². The molecule has 1 aromatic carbocycles. The summed E-state index contributed by atoms with van der Waals surface area (Å²) in [6.45, 7) is 3.93. The summed E-state index contributed by atoms with van der Waals surface area (Å²) in [4.78, 5) is 0. The van der Waals surface area contributed by atoms with Gasteiger partial charge < -0.3 is 10.5 Å². The summed E-state index contributed by atoms with van der Waals surface area (Å²) < 4.78 is 44.6. The molecule has 0 fully saturated rings. The second kappa shape index (κ2) is 7.68. The first-order chi connectivity index (χ1) is 9.34. The zero-order valence-corrected chi connectivity index (χ0v) is 12.5. The van der Waals surface area contributed by atoms with Crippen LogP contribution < -0.4 is 10.5 Å². The lowest BCUT2D eigenvalue weighted by Crippen LogP contribution is -2.29. The molecule has 0 aliphatic carbocycles. The van der Waals surface area contributed by atoms with Gasteiger partial charge >= 0.3 is 0 Å². The molecule has 0 aliphatic heterocycles.